The van der Waals surface area contributed by atoms with Crippen molar-refractivity contribution in [3.8, 4) is 0 Å². The summed E-state index contributed by atoms with van der Waals surface area (Å²) in [5.41, 5.74) is 1.89. The molecular formula is C19H21FN2O3S. The monoisotopic (exact) mass is 376 g/mol. The van der Waals surface area contributed by atoms with Crippen molar-refractivity contribution in [3.63, 3.8) is 0 Å². The molecule has 0 spiro atoms. The summed E-state index contributed by atoms with van der Waals surface area (Å²) in [5.74, 6) is -0.529. The van der Waals surface area contributed by atoms with E-state index in [-0.39, 0.29) is 23.5 Å². The van der Waals surface area contributed by atoms with Crippen LogP contribution in [-0.4, -0.2) is 45.1 Å². The molecule has 1 amide bonds. The van der Waals surface area contributed by atoms with Crippen LogP contribution in [0.5, 0.6) is 0 Å². The summed E-state index contributed by atoms with van der Waals surface area (Å²) in [6.07, 6.45) is 1.18. The Hall–Kier alpha value is -2.25. The van der Waals surface area contributed by atoms with E-state index in [1.165, 1.54) is 18.4 Å². The Morgan fingerprint density at radius 2 is 1.96 bits per heavy atom. The first kappa shape index (κ1) is 18.5. The summed E-state index contributed by atoms with van der Waals surface area (Å²) in [6.45, 7) is 1.75. The van der Waals surface area contributed by atoms with Crippen LogP contribution < -0.4 is 5.32 Å². The predicted octanol–water partition coefficient (Wildman–Crippen LogP) is 2.16. The third-order valence-corrected chi connectivity index (χ3v) is 5.23. The molecule has 7 heteroatoms. The van der Waals surface area contributed by atoms with Gasteiger partial charge in [-0.2, -0.15) is 0 Å². The zero-order valence-corrected chi connectivity index (χ0v) is 15.3. The van der Waals surface area contributed by atoms with E-state index in [4.69, 9.17) is 0 Å². The number of amides is 1. The summed E-state index contributed by atoms with van der Waals surface area (Å²) in [4.78, 5) is 14.7. The Morgan fingerprint density at radius 3 is 2.62 bits per heavy atom. The van der Waals surface area contributed by atoms with E-state index in [2.05, 4.69) is 5.32 Å². The molecular weight excluding hydrogens is 355 g/mol. The number of sulfone groups is 1. The number of piperazine rings is 1. The van der Waals surface area contributed by atoms with Crippen molar-refractivity contribution >= 4 is 15.7 Å². The largest absolute Gasteiger partial charge is 0.329 e. The molecule has 1 aliphatic heterocycles. The molecule has 1 unspecified atom stereocenters. The Morgan fingerprint density at radius 1 is 1.23 bits per heavy atom. The van der Waals surface area contributed by atoms with Crippen molar-refractivity contribution in [2.24, 2.45) is 0 Å². The number of rotatable bonds is 4. The average molecular weight is 376 g/mol. The first-order valence-electron chi connectivity index (χ1n) is 8.37. The van der Waals surface area contributed by atoms with Gasteiger partial charge in [0.15, 0.2) is 9.84 Å². The quantitative estimate of drug-likeness (QED) is 0.888. The van der Waals surface area contributed by atoms with Gasteiger partial charge in [-0.25, -0.2) is 12.8 Å². The Balaban J connectivity index is 1.82. The van der Waals surface area contributed by atoms with Gasteiger partial charge >= 0.3 is 0 Å². The highest BCUT2D eigenvalue weighted by atomic mass is 32.2. The van der Waals surface area contributed by atoms with Gasteiger partial charge in [0.05, 0.1) is 11.8 Å². The van der Waals surface area contributed by atoms with E-state index in [1.807, 2.05) is 6.07 Å². The third kappa shape index (κ3) is 4.47. The molecule has 3 rings (SSSR count). The summed E-state index contributed by atoms with van der Waals surface area (Å²) in [6, 6.07) is 12.7. The van der Waals surface area contributed by atoms with Crippen molar-refractivity contribution in [1.29, 1.82) is 0 Å². The van der Waals surface area contributed by atoms with Crippen LogP contribution in [-0.2, 0) is 15.6 Å². The standard InChI is InChI=1S/C19H21FN2O3S/c1-26(24,25)13-14-5-7-15(8-6-14)19(23)22-10-9-21-12-18(22)16-3-2-4-17(20)11-16/h2-8,11,18,21H,9-10,12-13H2,1H3. The van der Waals surface area contributed by atoms with Gasteiger partial charge in [-0.15, -0.1) is 0 Å². The predicted molar refractivity (Wildman–Crippen MR) is 98.0 cm³/mol. The maximum Gasteiger partial charge on any atom is 0.254 e. The average Bonchev–Trinajstić information content (AvgIpc) is 2.60. The smallest absolute Gasteiger partial charge is 0.254 e. The molecule has 0 aliphatic carbocycles. The van der Waals surface area contributed by atoms with E-state index in [0.717, 1.165) is 5.56 Å². The van der Waals surface area contributed by atoms with Crippen molar-refractivity contribution < 1.29 is 17.6 Å². The number of nitrogens with zero attached hydrogens (tertiary/aromatic N) is 1. The fourth-order valence-electron chi connectivity index (χ4n) is 3.17. The van der Waals surface area contributed by atoms with E-state index < -0.39 is 9.84 Å². The highest BCUT2D eigenvalue weighted by Gasteiger charge is 2.28. The van der Waals surface area contributed by atoms with Gasteiger partial charge in [-0.3, -0.25) is 4.79 Å². The van der Waals surface area contributed by atoms with Crippen LogP contribution in [0.3, 0.4) is 0 Å². The lowest BCUT2D eigenvalue weighted by molar-refractivity contribution is 0.0634. The molecule has 2 aromatic carbocycles. The number of nitrogens with one attached hydrogen (secondary N) is 1. The maximum absolute atomic E-state index is 13.6. The molecule has 1 saturated heterocycles. The zero-order chi connectivity index (χ0) is 18.7. The number of halogens is 1. The van der Waals surface area contributed by atoms with Crippen LogP contribution in [0, 0.1) is 5.82 Å². The second-order valence-electron chi connectivity index (χ2n) is 6.54. The molecule has 26 heavy (non-hydrogen) atoms. The Bertz CT molecular complexity index is 897. The SMILES string of the molecule is CS(=O)(=O)Cc1ccc(C(=O)N2CCNCC2c2cccc(F)c2)cc1. The van der Waals surface area contributed by atoms with E-state index in [0.29, 0.717) is 30.8 Å². The van der Waals surface area contributed by atoms with Gasteiger partial charge in [0.2, 0.25) is 0 Å². The molecule has 1 heterocycles. The van der Waals surface area contributed by atoms with Gasteiger partial charge in [-0.1, -0.05) is 24.3 Å². The molecule has 138 valence electrons. The van der Waals surface area contributed by atoms with Gasteiger partial charge in [0.1, 0.15) is 5.82 Å². The van der Waals surface area contributed by atoms with Crippen LogP contribution in [0.15, 0.2) is 48.5 Å². The lowest BCUT2D eigenvalue weighted by atomic mass is 10.0. The summed E-state index contributed by atoms with van der Waals surface area (Å²) >= 11 is 0. The topological polar surface area (TPSA) is 66.5 Å². The number of hydrogen-bond acceptors (Lipinski definition) is 4. The number of benzene rings is 2. The molecule has 1 aliphatic rings. The molecule has 5 nitrogen and oxygen atoms in total. The Labute approximate surface area is 152 Å². The highest BCUT2D eigenvalue weighted by molar-refractivity contribution is 7.89. The fourth-order valence-corrected chi connectivity index (χ4v) is 3.97. The summed E-state index contributed by atoms with van der Waals surface area (Å²) in [7, 11) is -3.12. The number of hydrogen-bond donors (Lipinski definition) is 1. The van der Waals surface area contributed by atoms with Gasteiger partial charge in [-0.05, 0) is 35.4 Å². The van der Waals surface area contributed by atoms with E-state index >= 15 is 0 Å². The van der Waals surface area contributed by atoms with Crippen LogP contribution in [0.25, 0.3) is 0 Å². The van der Waals surface area contributed by atoms with Crippen LogP contribution in [0.1, 0.15) is 27.5 Å². The minimum Gasteiger partial charge on any atom is -0.329 e. The van der Waals surface area contributed by atoms with Gasteiger partial charge in [0.25, 0.3) is 5.91 Å². The normalized spacial score (nSPS) is 17.9. The first-order valence-corrected chi connectivity index (χ1v) is 10.4. The lowest BCUT2D eigenvalue weighted by Gasteiger charge is -2.36. The number of carbonyl (C=O) groups is 1. The minimum absolute atomic E-state index is 0.0545. The second-order valence-corrected chi connectivity index (χ2v) is 8.68. The maximum atomic E-state index is 13.6. The molecule has 1 atom stereocenters. The molecule has 2 aromatic rings. The third-order valence-electron chi connectivity index (χ3n) is 4.37. The molecule has 0 radical (unpaired) electrons. The first-order chi connectivity index (χ1) is 12.3. The zero-order valence-electron chi connectivity index (χ0n) is 14.5. The van der Waals surface area contributed by atoms with Gasteiger partial charge in [0, 0.05) is 31.5 Å². The number of carbonyl (C=O) groups excluding carboxylic acids is 1. The molecule has 1 fully saturated rings. The van der Waals surface area contributed by atoms with Crippen molar-refractivity contribution in [1.82, 2.24) is 10.2 Å². The van der Waals surface area contributed by atoms with E-state index in [1.54, 1.807) is 35.2 Å². The highest BCUT2D eigenvalue weighted by Crippen LogP contribution is 2.25. The fraction of sp³-hybridized carbons (Fsp3) is 0.316. The van der Waals surface area contributed by atoms with Crippen molar-refractivity contribution in [2.75, 3.05) is 25.9 Å². The van der Waals surface area contributed by atoms with Gasteiger partial charge < -0.3 is 10.2 Å². The lowest BCUT2D eigenvalue weighted by Crippen LogP contribution is -2.48. The van der Waals surface area contributed by atoms with Crippen LogP contribution in [0.2, 0.25) is 0 Å². The molecule has 1 N–H and O–H groups in total. The molecule has 0 bridgehead atoms. The van der Waals surface area contributed by atoms with Crippen LogP contribution >= 0.6 is 0 Å². The summed E-state index contributed by atoms with van der Waals surface area (Å²) in [5, 5.41) is 3.24. The molecule has 0 aromatic heterocycles. The molecule has 0 saturated carbocycles. The summed E-state index contributed by atoms with van der Waals surface area (Å²) < 4.78 is 36.3. The van der Waals surface area contributed by atoms with Crippen molar-refractivity contribution in [3.05, 3.63) is 71.0 Å². The Kier molecular flexibility index (Phi) is 5.38. The van der Waals surface area contributed by atoms with Crippen molar-refractivity contribution in [2.45, 2.75) is 11.8 Å². The van der Waals surface area contributed by atoms with Crippen LogP contribution in [0.4, 0.5) is 4.39 Å². The van der Waals surface area contributed by atoms with E-state index in [9.17, 15) is 17.6 Å². The second kappa shape index (κ2) is 7.55. The minimum atomic E-state index is -3.12.